The van der Waals surface area contributed by atoms with Crippen LogP contribution in [0.3, 0.4) is 0 Å². The summed E-state index contributed by atoms with van der Waals surface area (Å²) in [6, 6.07) is 8.13. The van der Waals surface area contributed by atoms with E-state index in [1.807, 2.05) is 0 Å². The fourth-order valence-electron chi connectivity index (χ4n) is 1.94. The van der Waals surface area contributed by atoms with Crippen molar-refractivity contribution in [2.45, 2.75) is 6.42 Å². The van der Waals surface area contributed by atoms with E-state index in [0.29, 0.717) is 23.3 Å². The van der Waals surface area contributed by atoms with Gasteiger partial charge in [0, 0.05) is 18.6 Å². The van der Waals surface area contributed by atoms with Crippen LogP contribution in [0, 0.1) is 17.5 Å². The fraction of sp³-hybridized carbons (Fsp3) is 0.0714. The minimum absolute atomic E-state index is 0.308. The number of imidazole rings is 1. The maximum Gasteiger partial charge on any atom is 0.161 e. The van der Waals surface area contributed by atoms with Crippen LogP contribution in [0.1, 0.15) is 11.4 Å². The van der Waals surface area contributed by atoms with Crippen LogP contribution in [0.15, 0.2) is 36.4 Å². The summed E-state index contributed by atoms with van der Waals surface area (Å²) in [4.78, 5) is 7.09. The quantitative estimate of drug-likeness (QED) is 0.751. The molecule has 0 aliphatic carbocycles. The third kappa shape index (κ3) is 2.31. The molecular weight excluding hydrogens is 253 g/mol. The van der Waals surface area contributed by atoms with Crippen molar-refractivity contribution in [1.82, 2.24) is 9.97 Å². The Morgan fingerprint density at radius 1 is 0.947 bits per heavy atom. The van der Waals surface area contributed by atoms with Gasteiger partial charge in [-0.15, -0.1) is 0 Å². The van der Waals surface area contributed by atoms with Gasteiger partial charge in [-0.1, -0.05) is 12.1 Å². The number of H-pyrrole nitrogens is 1. The molecule has 0 saturated carbocycles. The number of nitrogens with one attached hydrogen (secondary N) is 1. The lowest BCUT2D eigenvalue weighted by molar-refractivity contribution is 0.510. The van der Waals surface area contributed by atoms with E-state index in [4.69, 9.17) is 0 Å². The Morgan fingerprint density at radius 2 is 1.63 bits per heavy atom. The second-order valence-electron chi connectivity index (χ2n) is 4.27. The van der Waals surface area contributed by atoms with Crippen LogP contribution in [0.5, 0.6) is 0 Å². The lowest BCUT2D eigenvalue weighted by atomic mass is 10.1. The summed E-state index contributed by atoms with van der Waals surface area (Å²) >= 11 is 0. The summed E-state index contributed by atoms with van der Waals surface area (Å²) in [5, 5.41) is 0. The van der Waals surface area contributed by atoms with Gasteiger partial charge in [0.25, 0.3) is 0 Å². The molecule has 0 aliphatic rings. The molecule has 5 heteroatoms. The first kappa shape index (κ1) is 11.8. The maximum atomic E-state index is 13.1. The Labute approximate surface area is 106 Å². The largest absolute Gasteiger partial charge is 0.342 e. The Balaban J connectivity index is 1.95. The number of nitrogens with zero attached hydrogens (tertiary/aromatic N) is 1. The predicted octanol–water partition coefficient (Wildman–Crippen LogP) is 3.57. The van der Waals surface area contributed by atoms with Gasteiger partial charge in [0.2, 0.25) is 0 Å². The first-order chi connectivity index (χ1) is 9.11. The molecule has 0 fully saturated rings. The highest BCUT2D eigenvalue weighted by Gasteiger charge is 2.09. The zero-order chi connectivity index (χ0) is 13.4. The normalized spacial score (nSPS) is 11.1. The van der Waals surface area contributed by atoms with E-state index in [2.05, 4.69) is 9.97 Å². The van der Waals surface area contributed by atoms with Gasteiger partial charge in [0.05, 0.1) is 11.0 Å². The van der Waals surface area contributed by atoms with Crippen LogP contribution in [0.25, 0.3) is 11.0 Å². The summed E-state index contributed by atoms with van der Waals surface area (Å²) in [6.07, 6.45) is 0.443. The average molecular weight is 262 g/mol. The van der Waals surface area contributed by atoms with Gasteiger partial charge >= 0.3 is 0 Å². The van der Waals surface area contributed by atoms with E-state index < -0.39 is 11.6 Å². The van der Waals surface area contributed by atoms with Crippen molar-refractivity contribution in [2.75, 3.05) is 0 Å². The van der Waals surface area contributed by atoms with Crippen molar-refractivity contribution in [3.63, 3.8) is 0 Å². The molecule has 2 nitrogen and oxygen atoms in total. The molecule has 3 aromatic rings. The van der Waals surface area contributed by atoms with Crippen LogP contribution >= 0.6 is 0 Å². The summed E-state index contributed by atoms with van der Waals surface area (Å²) in [7, 11) is 0. The number of aromatic nitrogens is 2. The highest BCUT2D eigenvalue weighted by Crippen LogP contribution is 2.18. The zero-order valence-electron chi connectivity index (χ0n) is 9.75. The number of halogens is 3. The topological polar surface area (TPSA) is 28.7 Å². The molecule has 0 atom stereocenters. The molecule has 3 rings (SSSR count). The van der Waals surface area contributed by atoms with Gasteiger partial charge in [-0.2, -0.15) is 0 Å². The fourth-order valence-corrected chi connectivity index (χ4v) is 1.94. The molecule has 0 spiro atoms. The van der Waals surface area contributed by atoms with Gasteiger partial charge in [0.15, 0.2) is 11.6 Å². The van der Waals surface area contributed by atoms with Gasteiger partial charge in [-0.25, -0.2) is 18.2 Å². The highest BCUT2D eigenvalue weighted by atomic mass is 19.2. The Kier molecular flexibility index (Phi) is 2.74. The molecule has 0 bridgehead atoms. The maximum absolute atomic E-state index is 13.1. The zero-order valence-corrected chi connectivity index (χ0v) is 9.75. The standard InChI is InChI=1S/C14H9F3N2/c15-9-3-1-8(2-4-9)5-14-18-12-6-10(16)11(17)7-13(12)19-14/h1-4,6-7H,5H2,(H,18,19). The van der Waals surface area contributed by atoms with E-state index in [9.17, 15) is 13.2 Å². The van der Waals surface area contributed by atoms with Gasteiger partial charge < -0.3 is 4.98 Å². The van der Waals surface area contributed by atoms with Crippen molar-refractivity contribution in [3.05, 3.63) is 65.2 Å². The van der Waals surface area contributed by atoms with Crippen LogP contribution in [-0.2, 0) is 6.42 Å². The van der Waals surface area contributed by atoms with Crippen molar-refractivity contribution in [3.8, 4) is 0 Å². The first-order valence-electron chi connectivity index (χ1n) is 5.70. The summed E-state index contributed by atoms with van der Waals surface area (Å²) in [6.45, 7) is 0. The number of hydrogen-bond acceptors (Lipinski definition) is 1. The molecule has 1 N–H and O–H groups in total. The molecule has 0 radical (unpaired) electrons. The number of benzene rings is 2. The Morgan fingerprint density at radius 3 is 2.37 bits per heavy atom. The molecule has 19 heavy (non-hydrogen) atoms. The monoisotopic (exact) mass is 262 g/mol. The molecular formula is C14H9F3N2. The summed E-state index contributed by atoms with van der Waals surface area (Å²) in [5.41, 5.74) is 1.67. The van der Waals surface area contributed by atoms with Gasteiger partial charge in [-0.3, -0.25) is 0 Å². The van der Waals surface area contributed by atoms with E-state index in [1.165, 1.54) is 12.1 Å². The third-order valence-corrected chi connectivity index (χ3v) is 2.86. The Hall–Kier alpha value is -2.30. The highest BCUT2D eigenvalue weighted by molar-refractivity contribution is 5.75. The molecule has 1 aromatic heterocycles. The van der Waals surface area contributed by atoms with E-state index in [0.717, 1.165) is 17.7 Å². The predicted molar refractivity (Wildman–Crippen MR) is 65.2 cm³/mol. The lowest BCUT2D eigenvalue weighted by Crippen LogP contribution is -1.90. The number of fused-ring (bicyclic) bond motifs is 1. The summed E-state index contributed by atoms with van der Waals surface area (Å²) in [5.74, 6) is -1.57. The molecule has 0 saturated heterocycles. The number of aromatic amines is 1. The van der Waals surface area contributed by atoms with E-state index >= 15 is 0 Å². The van der Waals surface area contributed by atoms with Crippen LogP contribution in [-0.4, -0.2) is 9.97 Å². The first-order valence-corrected chi connectivity index (χ1v) is 5.70. The van der Waals surface area contributed by atoms with Crippen molar-refractivity contribution in [1.29, 1.82) is 0 Å². The molecule has 1 heterocycles. The van der Waals surface area contributed by atoms with Gasteiger partial charge in [0.1, 0.15) is 11.6 Å². The summed E-state index contributed by atoms with van der Waals surface area (Å²) < 4.78 is 38.9. The van der Waals surface area contributed by atoms with Crippen LogP contribution < -0.4 is 0 Å². The molecule has 0 amide bonds. The van der Waals surface area contributed by atoms with Crippen LogP contribution in [0.4, 0.5) is 13.2 Å². The molecule has 0 aliphatic heterocycles. The third-order valence-electron chi connectivity index (χ3n) is 2.86. The SMILES string of the molecule is Fc1ccc(Cc2nc3cc(F)c(F)cc3[nH]2)cc1. The minimum Gasteiger partial charge on any atom is -0.342 e. The molecule has 2 aromatic carbocycles. The lowest BCUT2D eigenvalue weighted by Gasteiger charge is -1.97. The molecule has 96 valence electrons. The van der Waals surface area contributed by atoms with E-state index in [-0.39, 0.29) is 5.82 Å². The van der Waals surface area contributed by atoms with E-state index in [1.54, 1.807) is 12.1 Å². The van der Waals surface area contributed by atoms with Gasteiger partial charge in [-0.05, 0) is 17.7 Å². The number of hydrogen-bond donors (Lipinski definition) is 1. The van der Waals surface area contributed by atoms with Crippen molar-refractivity contribution in [2.24, 2.45) is 0 Å². The second kappa shape index (κ2) is 4.42. The van der Waals surface area contributed by atoms with Crippen molar-refractivity contribution >= 4 is 11.0 Å². The van der Waals surface area contributed by atoms with Crippen LogP contribution in [0.2, 0.25) is 0 Å². The minimum atomic E-state index is -0.924. The van der Waals surface area contributed by atoms with Crippen molar-refractivity contribution < 1.29 is 13.2 Å². The Bertz CT molecular complexity index is 693. The smallest absolute Gasteiger partial charge is 0.161 e. The molecule has 0 unspecified atom stereocenters. The second-order valence-corrected chi connectivity index (χ2v) is 4.27. The number of rotatable bonds is 2. The average Bonchev–Trinajstić information content (AvgIpc) is 2.74.